The van der Waals surface area contributed by atoms with Crippen molar-refractivity contribution in [2.45, 2.75) is 38.2 Å². The average Bonchev–Trinajstić information content (AvgIpc) is 2.06. The van der Waals surface area contributed by atoms with E-state index in [-0.39, 0.29) is 6.10 Å². The van der Waals surface area contributed by atoms with Gasteiger partial charge < -0.3 is 0 Å². The summed E-state index contributed by atoms with van der Waals surface area (Å²) in [6.45, 7) is 0. The molecule has 1 aliphatic carbocycles. The number of hydrogen-bond donors (Lipinski definition) is 0. The van der Waals surface area contributed by atoms with Crippen LogP contribution in [0.2, 0.25) is 0 Å². The van der Waals surface area contributed by atoms with Gasteiger partial charge in [0.25, 0.3) is 10.1 Å². The first kappa shape index (κ1) is 10.3. The Morgan fingerprint density at radius 2 is 1.83 bits per heavy atom. The third-order valence-corrected chi connectivity index (χ3v) is 3.60. The highest BCUT2D eigenvalue weighted by Crippen LogP contribution is 2.22. The minimum Gasteiger partial charge on any atom is -0.266 e. The second-order valence-electron chi connectivity index (χ2n) is 3.02. The molecule has 0 saturated heterocycles. The fourth-order valence-electron chi connectivity index (χ4n) is 1.39. The quantitative estimate of drug-likeness (QED) is 0.530. The maximum Gasteiger partial charge on any atom is 0.281 e. The molecule has 0 atom stereocenters. The normalized spacial score (nSPS) is 21.1. The molecular weight excluding hydrogens is 200 g/mol. The topological polar surface area (TPSA) is 43.4 Å². The molecule has 0 aromatic carbocycles. The Labute approximate surface area is 78.2 Å². The van der Waals surface area contributed by atoms with Gasteiger partial charge in [0.05, 0.1) is 6.10 Å². The molecule has 0 spiro atoms. The van der Waals surface area contributed by atoms with Gasteiger partial charge in [-0.25, -0.2) is 0 Å². The molecule has 1 fully saturated rings. The molecule has 0 radical (unpaired) electrons. The van der Waals surface area contributed by atoms with Crippen LogP contribution in [-0.4, -0.2) is 19.7 Å². The first-order valence-electron chi connectivity index (χ1n) is 4.11. The molecule has 0 aliphatic heterocycles. The summed E-state index contributed by atoms with van der Waals surface area (Å²) in [6.07, 6.45) is 4.86. The lowest BCUT2D eigenvalue weighted by molar-refractivity contribution is 0.163. The van der Waals surface area contributed by atoms with E-state index >= 15 is 0 Å². The summed E-state index contributed by atoms with van der Waals surface area (Å²) < 4.78 is 26.7. The van der Waals surface area contributed by atoms with Gasteiger partial charge in [0, 0.05) is 0 Å². The summed E-state index contributed by atoms with van der Waals surface area (Å²) in [5.74, 6) is 0. The Bertz CT molecular complexity index is 219. The molecule has 12 heavy (non-hydrogen) atoms. The highest BCUT2D eigenvalue weighted by atomic mass is 35.5. The van der Waals surface area contributed by atoms with Gasteiger partial charge >= 0.3 is 0 Å². The van der Waals surface area contributed by atoms with Crippen LogP contribution in [0.4, 0.5) is 0 Å². The molecule has 3 nitrogen and oxygen atoms in total. The SMILES string of the molecule is O=S(=O)(CCl)OC1CCCCC1. The smallest absolute Gasteiger partial charge is 0.266 e. The third kappa shape index (κ3) is 3.29. The Hall–Kier alpha value is 0.200. The van der Waals surface area contributed by atoms with Crippen LogP contribution in [0.3, 0.4) is 0 Å². The van der Waals surface area contributed by atoms with Crippen molar-refractivity contribution in [1.82, 2.24) is 0 Å². The summed E-state index contributed by atoms with van der Waals surface area (Å²) in [7, 11) is -3.45. The highest BCUT2D eigenvalue weighted by Gasteiger charge is 2.20. The van der Waals surface area contributed by atoms with Gasteiger partial charge in [0.2, 0.25) is 0 Å². The molecular formula is C7H13ClO3S. The van der Waals surface area contributed by atoms with Crippen molar-refractivity contribution in [3.05, 3.63) is 0 Å². The van der Waals surface area contributed by atoms with Crippen molar-refractivity contribution in [2.75, 3.05) is 5.21 Å². The maximum atomic E-state index is 10.9. The molecule has 0 aromatic heterocycles. The van der Waals surface area contributed by atoms with E-state index in [9.17, 15) is 8.42 Å². The summed E-state index contributed by atoms with van der Waals surface area (Å²) in [5, 5.41) is -0.441. The lowest BCUT2D eigenvalue weighted by Gasteiger charge is -2.20. The summed E-state index contributed by atoms with van der Waals surface area (Å²) >= 11 is 5.20. The standard InChI is InChI=1S/C7H13ClO3S/c8-6-12(9,10)11-7-4-2-1-3-5-7/h7H,1-6H2. The Morgan fingerprint density at radius 3 is 2.33 bits per heavy atom. The Morgan fingerprint density at radius 1 is 1.25 bits per heavy atom. The maximum absolute atomic E-state index is 10.9. The van der Waals surface area contributed by atoms with Gasteiger partial charge in [-0.15, -0.1) is 11.6 Å². The van der Waals surface area contributed by atoms with E-state index in [1.807, 2.05) is 0 Å². The molecule has 1 rings (SSSR count). The van der Waals surface area contributed by atoms with Crippen LogP contribution in [0, 0.1) is 0 Å². The van der Waals surface area contributed by atoms with Crippen LogP contribution in [0.25, 0.3) is 0 Å². The molecule has 0 bridgehead atoms. The van der Waals surface area contributed by atoms with Crippen molar-refractivity contribution < 1.29 is 12.6 Å². The fraction of sp³-hybridized carbons (Fsp3) is 1.00. The lowest BCUT2D eigenvalue weighted by atomic mass is 9.98. The summed E-state index contributed by atoms with van der Waals surface area (Å²) in [4.78, 5) is 0. The molecule has 0 amide bonds. The van der Waals surface area contributed by atoms with Crippen LogP contribution in [0.15, 0.2) is 0 Å². The first-order valence-corrected chi connectivity index (χ1v) is 6.22. The molecule has 0 N–H and O–H groups in total. The second kappa shape index (κ2) is 4.44. The second-order valence-corrected chi connectivity index (χ2v) is 5.20. The van der Waals surface area contributed by atoms with Gasteiger partial charge in [-0.1, -0.05) is 19.3 Å². The van der Waals surface area contributed by atoms with Gasteiger partial charge in [-0.3, -0.25) is 4.18 Å². The van der Waals surface area contributed by atoms with Crippen molar-refractivity contribution in [2.24, 2.45) is 0 Å². The van der Waals surface area contributed by atoms with E-state index in [0.717, 1.165) is 25.7 Å². The average molecular weight is 213 g/mol. The zero-order valence-electron chi connectivity index (χ0n) is 6.83. The Kier molecular flexibility index (Phi) is 3.80. The number of halogens is 1. The largest absolute Gasteiger partial charge is 0.281 e. The zero-order chi connectivity index (χ0) is 9.03. The van der Waals surface area contributed by atoms with E-state index in [4.69, 9.17) is 15.8 Å². The monoisotopic (exact) mass is 212 g/mol. The Balaban J connectivity index is 2.39. The number of rotatable bonds is 3. The van der Waals surface area contributed by atoms with E-state index in [2.05, 4.69) is 0 Å². The van der Waals surface area contributed by atoms with Crippen molar-refractivity contribution in [3.8, 4) is 0 Å². The van der Waals surface area contributed by atoms with Gasteiger partial charge in [-0.05, 0) is 12.8 Å². The number of hydrogen-bond acceptors (Lipinski definition) is 3. The minimum atomic E-state index is -3.45. The van der Waals surface area contributed by atoms with Gasteiger partial charge in [0.1, 0.15) is 5.21 Å². The van der Waals surface area contributed by atoms with Crippen LogP contribution < -0.4 is 0 Å². The zero-order valence-corrected chi connectivity index (χ0v) is 8.40. The summed E-state index contributed by atoms with van der Waals surface area (Å²) in [5.41, 5.74) is 0. The van der Waals surface area contributed by atoms with E-state index < -0.39 is 15.3 Å². The minimum absolute atomic E-state index is 0.123. The molecule has 72 valence electrons. The van der Waals surface area contributed by atoms with Gasteiger partial charge in [0.15, 0.2) is 0 Å². The molecule has 5 heteroatoms. The molecule has 1 saturated carbocycles. The molecule has 1 aliphatic rings. The van der Waals surface area contributed by atoms with Crippen molar-refractivity contribution in [1.29, 1.82) is 0 Å². The molecule has 0 heterocycles. The highest BCUT2D eigenvalue weighted by molar-refractivity contribution is 7.87. The van der Waals surface area contributed by atoms with Crippen LogP contribution in [-0.2, 0) is 14.3 Å². The fourth-order valence-corrected chi connectivity index (χ4v) is 2.21. The van der Waals surface area contributed by atoms with Crippen LogP contribution >= 0.6 is 11.6 Å². The predicted octanol–water partition coefficient (Wildman–Crippen LogP) is 1.86. The van der Waals surface area contributed by atoms with E-state index in [0.29, 0.717) is 0 Å². The first-order chi connectivity index (χ1) is 5.64. The summed E-state index contributed by atoms with van der Waals surface area (Å²) in [6, 6.07) is 0. The molecule has 0 aromatic rings. The lowest BCUT2D eigenvalue weighted by Crippen LogP contribution is -2.21. The van der Waals surface area contributed by atoms with Crippen molar-refractivity contribution >= 4 is 21.7 Å². The third-order valence-electron chi connectivity index (χ3n) is 1.97. The van der Waals surface area contributed by atoms with Gasteiger partial charge in [-0.2, -0.15) is 8.42 Å². The van der Waals surface area contributed by atoms with Crippen LogP contribution in [0.5, 0.6) is 0 Å². The van der Waals surface area contributed by atoms with Crippen molar-refractivity contribution in [3.63, 3.8) is 0 Å². The predicted molar refractivity (Wildman–Crippen MR) is 47.6 cm³/mol. The number of alkyl halides is 1. The molecule has 0 unspecified atom stereocenters. The van der Waals surface area contributed by atoms with E-state index in [1.54, 1.807) is 0 Å². The van der Waals surface area contributed by atoms with Crippen LogP contribution in [0.1, 0.15) is 32.1 Å². The van der Waals surface area contributed by atoms with E-state index in [1.165, 1.54) is 6.42 Å².